The van der Waals surface area contributed by atoms with E-state index in [1.165, 1.54) is 16.2 Å². The molecule has 2 rings (SSSR count). The number of nitrogens with two attached hydrogens (primary N) is 1. The zero-order valence-corrected chi connectivity index (χ0v) is 9.14. The van der Waals surface area contributed by atoms with E-state index < -0.39 is 0 Å². The Morgan fingerprint density at radius 2 is 2.43 bits per heavy atom. The summed E-state index contributed by atoms with van der Waals surface area (Å²) in [5.41, 5.74) is 7.01. The summed E-state index contributed by atoms with van der Waals surface area (Å²) < 4.78 is 5.23. The fourth-order valence-electron chi connectivity index (χ4n) is 1.82. The van der Waals surface area contributed by atoms with E-state index in [4.69, 9.17) is 10.5 Å². The summed E-state index contributed by atoms with van der Waals surface area (Å²) in [4.78, 5) is 1.39. The second-order valence-electron chi connectivity index (χ2n) is 3.49. The Kier molecular flexibility index (Phi) is 2.99. The molecule has 1 aromatic rings. The summed E-state index contributed by atoms with van der Waals surface area (Å²) in [5, 5.41) is 0. The number of hydrogen-bond acceptors (Lipinski definition) is 3. The number of fused-ring (bicyclic) bond motifs is 1. The molecule has 1 aliphatic rings. The Bertz CT molecular complexity index is 325. The molecule has 0 bridgehead atoms. The molecule has 1 aliphatic heterocycles. The number of rotatable bonds is 3. The first kappa shape index (κ1) is 9.87. The minimum absolute atomic E-state index is 0.620. The third-order valence-corrected chi connectivity index (χ3v) is 3.86. The van der Waals surface area contributed by atoms with Crippen LogP contribution in [0.3, 0.4) is 0 Å². The highest BCUT2D eigenvalue weighted by Crippen LogP contribution is 2.42. The maximum absolute atomic E-state index is 5.60. The number of benzene rings is 1. The van der Waals surface area contributed by atoms with Crippen molar-refractivity contribution in [3.05, 3.63) is 23.8 Å². The van der Waals surface area contributed by atoms with E-state index in [0.29, 0.717) is 5.92 Å². The van der Waals surface area contributed by atoms with Gasteiger partial charge in [0.1, 0.15) is 5.75 Å². The van der Waals surface area contributed by atoms with Gasteiger partial charge in [0, 0.05) is 10.6 Å². The van der Waals surface area contributed by atoms with E-state index in [2.05, 4.69) is 12.1 Å². The van der Waals surface area contributed by atoms with Crippen molar-refractivity contribution in [3.63, 3.8) is 0 Å². The van der Waals surface area contributed by atoms with Gasteiger partial charge in [0.05, 0.1) is 7.11 Å². The lowest BCUT2D eigenvalue weighted by Gasteiger charge is -2.09. The van der Waals surface area contributed by atoms with Gasteiger partial charge in [-0.05, 0) is 42.6 Å². The molecular weight excluding hydrogens is 194 g/mol. The molecule has 3 heteroatoms. The summed E-state index contributed by atoms with van der Waals surface area (Å²) in [6.07, 6.45) is 1.08. The highest BCUT2D eigenvalue weighted by molar-refractivity contribution is 7.99. The van der Waals surface area contributed by atoms with Crippen LogP contribution in [0.15, 0.2) is 23.1 Å². The van der Waals surface area contributed by atoms with Gasteiger partial charge in [-0.2, -0.15) is 0 Å². The average Bonchev–Trinajstić information content (AvgIpc) is 2.61. The zero-order valence-electron chi connectivity index (χ0n) is 8.32. The summed E-state index contributed by atoms with van der Waals surface area (Å²) >= 11 is 1.92. The molecule has 0 saturated carbocycles. The van der Waals surface area contributed by atoms with Gasteiger partial charge < -0.3 is 10.5 Å². The van der Waals surface area contributed by atoms with Crippen molar-refractivity contribution >= 4 is 11.8 Å². The molecule has 0 aromatic heterocycles. The second-order valence-corrected chi connectivity index (χ2v) is 4.55. The topological polar surface area (TPSA) is 35.2 Å². The molecule has 0 fully saturated rings. The molecule has 1 heterocycles. The van der Waals surface area contributed by atoms with Crippen LogP contribution in [0.5, 0.6) is 5.75 Å². The largest absolute Gasteiger partial charge is 0.497 e. The molecule has 0 spiro atoms. The minimum Gasteiger partial charge on any atom is -0.497 e. The minimum atomic E-state index is 0.620. The zero-order chi connectivity index (χ0) is 9.97. The van der Waals surface area contributed by atoms with Crippen molar-refractivity contribution in [2.45, 2.75) is 17.2 Å². The van der Waals surface area contributed by atoms with Crippen molar-refractivity contribution in [1.82, 2.24) is 0 Å². The molecule has 0 aliphatic carbocycles. The van der Waals surface area contributed by atoms with Gasteiger partial charge in [0.2, 0.25) is 0 Å². The molecular formula is C11H15NOS. The van der Waals surface area contributed by atoms with E-state index in [1.807, 2.05) is 17.8 Å². The Morgan fingerprint density at radius 1 is 1.57 bits per heavy atom. The number of ether oxygens (including phenoxy) is 1. The number of thioether (sulfide) groups is 1. The molecule has 76 valence electrons. The Morgan fingerprint density at radius 3 is 3.14 bits per heavy atom. The van der Waals surface area contributed by atoms with Crippen LogP contribution < -0.4 is 10.5 Å². The van der Waals surface area contributed by atoms with Crippen LogP contribution in [0.4, 0.5) is 0 Å². The predicted octanol–water partition coefficient (Wildman–Crippen LogP) is 2.23. The lowest BCUT2D eigenvalue weighted by Crippen LogP contribution is -2.06. The molecule has 1 unspecified atom stereocenters. The van der Waals surface area contributed by atoms with E-state index in [-0.39, 0.29) is 0 Å². The lowest BCUT2D eigenvalue weighted by atomic mass is 9.98. The van der Waals surface area contributed by atoms with Crippen LogP contribution in [0.25, 0.3) is 0 Å². The fraction of sp³-hybridized carbons (Fsp3) is 0.455. The van der Waals surface area contributed by atoms with Crippen LogP contribution in [0.2, 0.25) is 0 Å². The average molecular weight is 209 g/mol. The summed E-state index contributed by atoms with van der Waals surface area (Å²) in [6.45, 7) is 0.766. The molecule has 1 atom stereocenters. The molecule has 14 heavy (non-hydrogen) atoms. The second kappa shape index (κ2) is 4.24. The first-order valence-corrected chi connectivity index (χ1v) is 5.84. The van der Waals surface area contributed by atoms with Gasteiger partial charge in [-0.1, -0.05) is 0 Å². The van der Waals surface area contributed by atoms with E-state index in [1.54, 1.807) is 7.11 Å². The third-order valence-electron chi connectivity index (χ3n) is 2.61. The molecule has 2 N–H and O–H groups in total. The Balaban J connectivity index is 2.27. The highest BCUT2D eigenvalue weighted by atomic mass is 32.2. The first-order valence-electron chi connectivity index (χ1n) is 4.86. The van der Waals surface area contributed by atoms with E-state index in [0.717, 1.165) is 18.7 Å². The smallest absolute Gasteiger partial charge is 0.119 e. The normalized spacial score (nSPS) is 19.4. The molecule has 0 amide bonds. The van der Waals surface area contributed by atoms with Gasteiger partial charge in [-0.25, -0.2) is 0 Å². The fourth-order valence-corrected chi connectivity index (χ4v) is 3.11. The van der Waals surface area contributed by atoms with Crippen molar-refractivity contribution in [2.24, 2.45) is 5.73 Å². The molecule has 0 saturated heterocycles. The summed E-state index contributed by atoms with van der Waals surface area (Å²) in [7, 11) is 1.71. The molecule has 1 aromatic carbocycles. The van der Waals surface area contributed by atoms with Gasteiger partial charge >= 0.3 is 0 Å². The lowest BCUT2D eigenvalue weighted by molar-refractivity contribution is 0.413. The van der Waals surface area contributed by atoms with Gasteiger partial charge in [0.25, 0.3) is 0 Å². The molecule has 2 nitrogen and oxygen atoms in total. The number of methoxy groups -OCH3 is 1. The van der Waals surface area contributed by atoms with Crippen LogP contribution >= 0.6 is 11.8 Å². The van der Waals surface area contributed by atoms with E-state index >= 15 is 0 Å². The standard InChI is InChI=1S/C11H15NOS/c1-13-9-2-3-11-10(6-9)8(4-5-12)7-14-11/h2-3,6,8H,4-5,7,12H2,1H3. The van der Waals surface area contributed by atoms with Crippen LogP contribution in [-0.2, 0) is 0 Å². The first-order chi connectivity index (χ1) is 6.85. The highest BCUT2D eigenvalue weighted by Gasteiger charge is 2.22. The number of hydrogen-bond donors (Lipinski definition) is 1. The van der Waals surface area contributed by atoms with Gasteiger partial charge in [-0.15, -0.1) is 11.8 Å². The van der Waals surface area contributed by atoms with Gasteiger partial charge in [-0.3, -0.25) is 0 Å². The maximum atomic E-state index is 5.60. The van der Waals surface area contributed by atoms with Crippen molar-refractivity contribution in [1.29, 1.82) is 0 Å². The Labute approximate surface area is 88.8 Å². The van der Waals surface area contributed by atoms with Gasteiger partial charge in [0.15, 0.2) is 0 Å². The summed E-state index contributed by atoms with van der Waals surface area (Å²) in [6, 6.07) is 6.32. The summed E-state index contributed by atoms with van der Waals surface area (Å²) in [5.74, 6) is 2.74. The molecule has 0 radical (unpaired) electrons. The van der Waals surface area contributed by atoms with Crippen molar-refractivity contribution < 1.29 is 4.74 Å². The Hall–Kier alpha value is -0.670. The van der Waals surface area contributed by atoms with Crippen LogP contribution in [0.1, 0.15) is 17.9 Å². The predicted molar refractivity (Wildman–Crippen MR) is 60.1 cm³/mol. The monoisotopic (exact) mass is 209 g/mol. The quantitative estimate of drug-likeness (QED) is 0.829. The van der Waals surface area contributed by atoms with Crippen molar-refractivity contribution in [2.75, 3.05) is 19.4 Å². The van der Waals surface area contributed by atoms with Crippen LogP contribution in [-0.4, -0.2) is 19.4 Å². The maximum Gasteiger partial charge on any atom is 0.119 e. The van der Waals surface area contributed by atoms with Crippen molar-refractivity contribution in [3.8, 4) is 5.75 Å². The SMILES string of the molecule is COc1ccc2c(c1)C(CCN)CS2. The third kappa shape index (κ3) is 1.74. The van der Waals surface area contributed by atoms with Crippen LogP contribution in [0, 0.1) is 0 Å². The van der Waals surface area contributed by atoms with E-state index in [9.17, 15) is 0 Å².